The number of carbonyl (C=O) groups excluding carboxylic acids is 1. The molecule has 150 valence electrons. The van der Waals surface area contributed by atoms with Gasteiger partial charge in [-0.25, -0.2) is 0 Å². The highest BCUT2D eigenvalue weighted by molar-refractivity contribution is 5.79. The molecule has 0 aliphatic carbocycles. The predicted octanol–water partition coefficient (Wildman–Crippen LogP) is 4.74. The SMILES string of the molecule is COc1ccc(CC(=O)NC(c2ccccc2)c2ccc(OC(F)F)cc2)cc1. The van der Waals surface area contributed by atoms with Crippen molar-refractivity contribution < 1.29 is 23.0 Å². The van der Waals surface area contributed by atoms with Gasteiger partial charge in [0, 0.05) is 0 Å². The van der Waals surface area contributed by atoms with E-state index in [4.69, 9.17) is 4.74 Å². The first-order valence-electron chi connectivity index (χ1n) is 9.07. The second-order valence-electron chi connectivity index (χ2n) is 6.38. The van der Waals surface area contributed by atoms with Crippen LogP contribution >= 0.6 is 0 Å². The average Bonchev–Trinajstić information content (AvgIpc) is 2.73. The summed E-state index contributed by atoms with van der Waals surface area (Å²) in [5.74, 6) is 0.638. The Bertz CT molecular complexity index is 913. The molecule has 0 saturated heterocycles. The summed E-state index contributed by atoms with van der Waals surface area (Å²) >= 11 is 0. The Hall–Kier alpha value is -3.41. The highest BCUT2D eigenvalue weighted by Gasteiger charge is 2.17. The lowest BCUT2D eigenvalue weighted by atomic mass is 9.98. The molecule has 0 saturated carbocycles. The first kappa shape index (κ1) is 20.3. The number of hydrogen-bond acceptors (Lipinski definition) is 3. The van der Waals surface area contributed by atoms with Gasteiger partial charge in [0.2, 0.25) is 5.91 Å². The van der Waals surface area contributed by atoms with Crippen LogP contribution in [-0.4, -0.2) is 19.6 Å². The molecule has 3 aromatic rings. The van der Waals surface area contributed by atoms with Crippen LogP contribution in [0.25, 0.3) is 0 Å². The van der Waals surface area contributed by atoms with Crippen molar-refractivity contribution in [3.8, 4) is 11.5 Å². The Kier molecular flexibility index (Phi) is 6.79. The van der Waals surface area contributed by atoms with Gasteiger partial charge in [0.25, 0.3) is 0 Å². The van der Waals surface area contributed by atoms with Crippen LogP contribution in [0.3, 0.4) is 0 Å². The molecule has 29 heavy (non-hydrogen) atoms. The summed E-state index contributed by atoms with van der Waals surface area (Å²) in [6, 6.07) is 22.6. The highest BCUT2D eigenvalue weighted by Crippen LogP contribution is 2.25. The highest BCUT2D eigenvalue weighted by atomic mass is 19.3. The first-order valence-corrected chi connectivity index (χ1v) is 9.07. The van der Waals surface area contributed by atoms with E-state index in [1.165, 1.54) is 12.1 Å². The molecule has 0 radical (unpaired) electrons. The molecule has 1 N–H and O–H groups in total. The summed E-state index contributed by atoms with van der Waals surface area (Å²) in [4.78, 5) is 12.7. The van der Waals surface area contributed by atoms with E-state index in [1.807, 2.05) is 42.5 Å². The molecule has 1 atom stereocenters. The van der Waals surface area contributed by atoms with Crippen LogP contribution in [0.15, 0.2) is 78.9 Å². The van der Waals surface area contributed by atoms with Crippen molar-refractivity contribution >= 4 is 5.91 Å². The van der Waals surface area contributed by atoms with E-state index in [-0.39, 0.29) is 18.1 Å². The van der Waals surface area contributed by atoms with Gasteiger partial charge in [-0.3, -0.25) is 4.79 Å². The fourth-order valence-corrected chi connectivity index (χ4v) is 2.99. The Labute approximate surface area is 168 Å². The van der Waals surface area contributed by atoms with E-state index in [0.29, 0.717) is 0 Å². The van der Waals surface area contributed by atoms with Gasteiger partial charge in [-0.2, -0.15) is 8.78 Å². The fourth-order valence-electron chi connectivity index (χ4n) is 2.99. The minimum Gasteiger partial charge on any atom is -0.497 e. The monoisotopic (exact) mass is 397 g/mol. The van der Waals surface area contributed by atoms with E-state index in [0.717, 1.165) is 22.4 Å². The van der Waals surface area contributed by atoms with Crippen molar-refractivity contribution in [3.05, 3.63) is 95.6 Å². The summed E-state index contributed by atoms with van der Waals surface area (Å²) in [6.07, 6.45) is 0.208. The Morgan fingerprint density at radius 2 is 1.45 bits per heavy atom. The number of halogens is 2. The first-order chi connectivity index (χ1) is 14.0. The molecule has 1 unspecified atom stereocenters. The minimum absolute atomic E-state index is 0.0696. The number of nitrogens with one attached hydrogen (secondary N) is 1. The number of alkyl halides is 2. The van der Waals surface area contributed by atoms with Gasteiger partial charge in [0.1, 0.15) is 11.5 Å². The van der Waals surface area contributed by atoms with Crippen LogP contribution in [0, 0.1) is 0 Å². The third-order valence-electron chi connectivity index (χ3n) is 4.40. The Balaban J connectivity index is 1.77. The summed E-state index contributed by atoms with van der Waals surface area (Å²) in [7, 11) is 1.59. The fraction of sp³-hybridized carbons (Fsp3) is 0.174. The maximum absolute atomic E-state index is 12.7. The second kappa shape index (κ2) is 9.68. The van der Waals surface area contributed by atoms with Gasteiger partial charge in [-0.1, -0.05) is 54.6 Å². The molecule has 0 aliphatic heterocycles. The van der Waals surface area contributed by atoms with Gasteiger partial charge in [-0.15, -0.1) is 0 Å². The third-order valence-corrected chi connectivity index (χ3v) is 4.40. The van der Waals surface area contributed by atoms with Crippen molar-refractivity contribution in [3.63, 3.8) is 0 Å². The number of hydrogen-bond donors (Lipinski definition) is 1. The van der Waals surface area contributed by atoms with Crippen molar-refractivity contribution in [1.82, 2.24) is 5.32 Å². The molecule has 3 rings (SSSR count). The topological polar surface area (TPSA) is 47.6 Å². The van der Waals surface area contributed by atoms with Gasteiger partial charge >= 0.3 is 6.61 Å². The van der Waals surface area contributed by atoms with Crippen molar-refractivity contribution in [1.29, 1.82) is 0 Å². The zero-order valence-electron chi connectivity index (χ0n) is 15.8. The Morgan fingerprint density at radius 3 is 2.03 bits per heavy atom. The van der Waals surface area contributed by atoms with E-state index >= 15 is 0 Å². The number of amides is 1. The molecule has 0 heterocycles. The maximum Gasteiger partial charge on any atom is 0.387 e. The number of ether oxygens (including phenoxy) is 2. The number of carbonyl (C=O) groups is 1. The Morgan fingerprint density at radius 1 is 0.862 bits per heavy atom. The molecule has 0 aliphatic rings. The number of rotatable bonds is 8. The molecule has 0 bridgehead atoms. The second-order valence-corrected chi connectivity index (χ2v) is 6.38. The largest absolute Gasteiger partial charge is 0.497 e. The lowest BCUT2D eigenvalue weighted by Crippen LogP contribution is -2.30. The molecule has 3 aromatic carbocycles. The quantitative estimate of drug-likeness (QED) is 0.597. The zero-order valence-corrected chi connectivity index (χ0v) is 15.8. The van der Waals surface area contributed by atoms with Crippen molar-refractivity contribution in [2.45, 2.75) is 19.1 Å². The van der Waals surface area contributed by atoms with Crippen LogP contribution in [0.2, 0.25) is 0 Å². The summed E-state index contributed by atoms with van der Waals surface area (Å²) in [5, 5.41) is 3.03. The smallest absolute Gasteiger partial charge is 0.387 e. The average molecular weight is 397 g/mol. The van der Waals surface area contributed by atoms with Crippen LogP contribution in [-0.2, 0) is 11.2 Å². The summed E-state index contributed by atoms with van der Waals surface area (Å²) in [5.41, 5.74) is 2.51. The van der Waals surface area contributed by atoms with E-state index in [1.54, 1.807) is 31.4 Å². The van der Waals surface area contributed by atoms with Crippen LogP contribution in [0.5, 0.6) is 11.5 Å². The van der Waals surface area contributed by atoms with Crippen LogP contribution in [0.1, 0.15) is 22.7 Å². The van der Waals surface area contributed by atoms with Crippen molar-refractivity contribution in [2.24, 2.45) is 0 Å². The number of methoxy groups -OCH3 is 1. The molecule has 0 fully saturated rings. The minimum atomic E-state index is -2.88. The molecule has 4 nitrogen and oxygen atoms in total. The van der Waals surface area contributed by atoms with E-state index < -0.39 is 12.7 Å². The van der Waals surface area contributed by atoms with Gasteiger partial charge in [0.15, 0.2) is 0 Å². The molecular weight excluding hydrogens is 376 g/mol. The third kappa shape index (κ3) is 5.78. The normalized spacial score (nSPS) is 11.7. The molecule has 0 aromatic heterocycles. The van der Waals surface area contributed by atoms with E-state index in [9.17, 15) is 13.6 Å². The summed E-state index contributed by atoms with van der Waals surface area (Å²) in [6.45, 7) is -2.88. The van der Waals surface area contributed by atoms with Crippen LogP contribution < -0.4 is 14.8 Å². The van der Waals surface area contributed by atoms with Gasteiger partial charge < -0.3 is 14.8 Å². The van der Waals surface area contributed by atoms with E-state index in [2.05, 4.69) is 10.1 Å². The predicted molar refractivity (Wildman–Crippen MR) is 106 cm³/mol. The maximum atomic E-state index is 12.7. The van der Waals surface area contributed by atoms with Crippen LogP contribution in [0.4, 0.5) is 8.78 Å². The molecular formula is C23H21F2NO3. The standard InChI is InChI=1S/C23H21F2NO3/c1-28-19-11-7-16(8-12-19)15-21(27)26-22(17-5-3-2-4-6-17)18-9-13-20(14-10-18)29-23(24)25/h2-14,22-23H,15H2,1H3,(H,26,27). The van der Waals surface area contributed by atoms with Crippen molar-refractivity contribution in [2.75, 3.05) is 7.11 Å². The lowest BCUT2D eigenvalue weighted by molar-refractivity contribution is -0.120. The molecule has 1 amide bonds. The zero-order chi connectivity index (χ0) is 20.6. The molecule has 0 spiro atoms. The summed E-state index contributed by atoms with van der Waals surface area (Å²) < 4.78 is 34.3. The van der Waals surface area contributed by atoms with Gasteiger partial charge in [0.05, 0.1) is 19.6 Å². The lowest BCUT2D eigenvalue weighted by Gasteiger charge is -2.20. The van der Waals surface area contributed by atoms with Gasteiger partial charge in [-0.05, 0) is 41.0 Å². The molecule has 6 heteroatoms. The number of benzene rings is 3.